The fraction of sp³-hybridized carbons (Fsp3) is 0.300. The van der Waals surface area contributed by atoms with E-state index in [0.29, 0.717) is 22.9 Å². The maximum absolute atomic E-state index is 12.6. The van der Waals surface area contributed by atoms with Crippen LogP contribution in [-0.4, -0.2) is 47.6 Å². The van der Waals surface area contributed by atoms with Gasteiger partial charge in [0.25, 0.3) is 5.91 Å². The molecule has 1 amide bonds. The molecule has 0 bridgehead atoms. The normalized spacial score (nSPS) is 11.2. The van der Waals surface area contributed by atoms with Crippen LogP contribution in [0, 0.1) is 6.92 Å². The van der Waals surface area contributed by atoms with E-state index >= 15 is 0 Å². The Kier molecular flexibility index (Phi) is 5.68. The van der Waals surface area contributed by atoms with Crippen LogP contribution in [0.2, 0.25) is 5.02 Å². The highest BCUT2D eigenvalue weighted by atomic mass is 35.5. The van der Waals surface area contributed by atoms with Gasteiger partial charge in [-0.25, -0.2) is 4.98 Å². The first-order valence-corrected chi connectivity index (χ1v) is 9.03. The lowest BCUT2D eigenvalue weighted by atomic mass is 10.1. The van der Waals surface area contributed by atoms with Crippen LogP contribution in [0.1, 0.15) is 15.9 Å². The molecular formula is C20H23ClN4O2. The van der Waals surface area contributed by atoms with Crippen LogP contribution in [0.15, 0.2) is 36.7 Å². The molecule has 2 heterocycles. The Morgan fingerprint density at radius 1 is 1.30 bits per heavy atom. The third-order valence-corrected chi connectivity index (χ3v) is 4.67. The first kappa shape index (κ1) is 19.2. The molecular weight excluding hydrogens is 364 g/mol. The molecule has 1 aromatic carbocycles. The number of carbonyl (C=O) groups is 1. The number of likely N-dealkylation sites (N-methyl/N-ethyl adjacent to an activating group) is 1. The van der Waals surface area contributed by atoms with E-state index in [1.165, 1.54) is 6.20 Å². The van der Waals surface area contributed by atoms with Crippen LogP contribution in [0.25, 0.3) is 11.0 Å². The molecule has 0 atom stereocenters. The Labute approximate surface area is 163 Å². The number of nitrogens with zero attached hydrogens (tertiary/aromatic N) is 3. The number of pyridine rings is 1. The number of amides is 1. The van der Waals surface area contributed by atoms with Crippen LogP contribution in [0.5, 0.6) is 5.75 Å². The molecule has 3 rings (SSSR count). The predicted octanol–water partition coefficient (Wildman–Crippen LogP) is 3.73. The van der Waals surface area contributed by atoms with Crippen molar-refractivity contribution >= 4 is 34.2 Å². The van der Waals surface area contributed by atoms with Crippen molar-refractivity contribution in [2.45, 2.75) is 6.92 Å². The molecule has 142 valence electrons. The number of aryl methyl sites for hydroxylation is 2. The molecule has 0 aliphatic rings. The quantitative estimate of drug-likeness (QED) is 0.701. The largest absolute Gasteiger partial charge is 0.492 e. The second-order valence-corrected chi connectivity index (χ2v) is 7.12. The summed E-state index contributed by atoms with van der Waals surface area (Å²) in [4.78, 5) is 19.1. The molecule has 0 aliphatic carbocycles. The predicted molar refractivity (Wildman–Crippen MR) is 109 cm³/mol. The van der Waals surface area contributed by atoms with Crippen molar-refractivity contribution in [2.24, 2.45) is 7.05 Å². The van der Waals surface area contributed by atoms with E-state index < -0.39 is 0 Å². The molecule has 0 spiro atoms. The Morgan fingerprint density at radius 2 is 2.00 bits per heavy atom. The lowest BCUT2D eigenvalue weighted by Crippen LogP contribution is -2.19. The highest BCUT2D eigenvalue weighted by molar-refractivity contribution is 6.39. The Balaban J connectivity index is 1.73. The van der Waals surface area contributed by atoms with E-state index in [1.54, 1.807) is 12.1 Å². The average Bonchev–Trinajstić information content (AvgIpc) is 2.91. The van der Waals surface area contributed by atoms with Crippen molar-refractivity contribution in [2.75, 3.05) is 32.6 Å². The van der Waals surface area contributed by atoms with Gasteiger partial charge in [-0.2, -0.15) is 0 Å². The number of carbonyl (C=O) groups excluding carboxylic acids is 1. The molecule has 0 unspecified atom stereocenters. The van der Waals surface area contributed by atoms with Crippen molar-refractivity contribution in [1.82, 2.24) is 14.5 Å². The monoisotopic (exact) mass is 386 g/mol. The zero-order valence-corrected chi connectivity index (χ0v) is 16.7. The second kappa shape index (κ2) is 7.98. The van der Waals surface area contributed by atoms with Gasteiger partial charge in [-0.3, -0.25) is 4.79 Å². The standard InChI is InChI=1S/C20H23ClN4O2/c1-13-12-25(4)19-17(13)18(21)16(11-22-19)20(26)23-14-5-7-15(8-6-14)27-10-9-24(2)3/h5-8,11-12H,9-10H2,1-4H3,(H,23,26). The van der Waals surface area contributed by atoms with Crippen molar-refractivity contribution in [3.63, 3.8) is 0 Å². The molecule has 0 aliphatic heterocycles. The van der Waals surface area contributed by atoms with Crippen LogP contribution in [-0.2, 0) is 7.05 Å². The van der Waals surface area contributed by atoms with Crippen LogP contribution in [0.4, 0.5) is 5.69 Å². The summed E-state index contributed by atoms with van der Waals surface area (Å²) in [6, 6.07) is 7.26. The highest BCUT2D eigenvalue weighted by Crippen LogP contribution is 2.30. The molecule has 0 fully saturated rings. The van der Waals surface area contributed by atoms with Gasteiger partial charge in [0.1, 0.15) is 18.0 Å². The van der Waals surface area contributed by atoms with E-state index in [9.17, 15) is 4.79 Å². The lowest BCUT2D eigenvalue weighted by Gasteiger charge is -2.12. The molecule has 2 aromatic heterocycles. The first-order chi connectivity index (χ1) is 12.9. The molecule has 27 heavy (non-hydrogen) atoms. The summed E-state index contributed by atoms with van der Waals surface area (Å²) >= 11 is 6.49. The lowest BCUT2D eigenvalue weighted by molar-refractivity contribution is 0.102. The number of fused-ring (bicyclic) bond motifs is 1. The van der Waals surface area contributed by atoms with Gasteiger partial charge in [0.2, 0.25) is 0 Å². The first-order valence-electron chi connectivity index (χ1n) is 8.66. The summed E-state index contributed by atoms with van der Waals surface area (Å²) in [5, 5.41) is 4.08. The van der Waals surface area contributed by atoms with Gasteiger partial charge >= 0.3 is 0 Å². The van der Waals surface area contributed by atoms with Crippen LogP contribution < -0.4 is 10.1 Å². The third-order valence-electron chi connectivity index (χ3n) is 4.28. The van der Waals surface area contributed by atoms with Gasteiger partial charge in [0, 0.05) is 37.1 Å². The highest BCUT2D eigenvalue weighted by Gasteiger charge is 2.17. The number of anilines is 1. The fourth-order valence-electron chi connectivity index (χ4n) is 2.85. The van der Waals surface area contributed by atoms with Gasteiger partial charge in [0.05, 0.1) is 10.6 Å². The second-order valence-electron chi connectivity index (χ2n) is 6.74. The molecule has 7 heteroatoms. The fourth-order valence-corrected chi connectivity index (χ4v) is 3.22. The van der Waals surface area contributed by atoms with Crippen molar-refractivity contribution < 1.29 is 9.53 Å². The average molecular weight is 387 g/mol. The maximum Gasteiger partial charge on any atom is 0.258 e. The smallest absolute Gasteiger partial charge is 0.258 e. The zero-order valence-electron chi connectivity index (χ0n) is 15.9. The van der Waals surface area contributed by atoms with E-state index in [0.717, 1.165) is 28.9 Å². The minimum Gasteiger partial charge on any atom is -0.492 e. The van der Waals surface area contributed by atoms with Gasteiger partial charge in [-0.1, -0.05) is 11.6 Å². The molecule has 0 saturated heterocycles. The van der Waals surface area contributed by atoms with E-state index in [-0.39, 0.29) is 5.91 Å². The minimum atomic E-state index is -0.293. The molecule has 0 saturated carbocycles. The number of hydrogen-bond acceptors (Lipinski definition) is 4. The number of ether oxygens (including phenoxy) is 1. The number of nitrogens with one attached hydrogen (secondary N) is 1. The molecule has 1 N–H and O–H groups in total. The van der Waals surface area contributed by atoms with Gasteiger partial charge in [-0.05, 0) is 50.8 Å². The number of hydrogen-bond donors (Lipinski definition) is 1. The summed E-state index contributed by atoms with van der Waals surface area (Å²) in [5.41, 5.74) is 2.76. The summed E-state index contributed by atoms with van der Waals surface area (Å²) in [7, 11) is 5.90. The topological polar surface area (TPSA) is 59.4 Å². The van der Waals surface area contributed by atoms with E-state index in [4.69, 9.17) is 16.3 Å². The number of halogens is 1. The number of aromatic nitrogens is 2. The van der Waals surface area contributed by atoms with Crippen molar-refractivity contribution in [1.29, 1.82) is 0 Å². The summed E-state index contributed by atoms with van der Waals surface area (Å²) in [5.74, 6) is 0.467. The Bertz CT molecular complexity index is 964. The van der Waals surface area contributed by atoms with E-state index in [2.05, 4.69) is 15.2 Å². The molecule has 6 nitrogen and oxygen atoms in total. The Morgan fingerprint density at radius 3 is 2.67 bits per heavy atom. The summed E-state index contributed by atoms with van der Waals surface area (Å²) in [6.45, 7) is 3.40. The van der Waals surface area contributed by atoms with Gasteiger partial charge in [-0.15, -0.1) is 0 Å². The van der Waals surface area contributed by atoms with Gasteiger partial charge < -0.3 is 19.5 Å². The Hall–Kier alpha value is -2.57. The van der Waals surface area contributed by atoms with Crippen molar-refractivity contribution in [3.8, 4) is 5.75 Å². The molecule has 0 radical (unpaired) electrons. The number of benzene rings is 1. The third kappa shape index (κ3) is 4.23. The summed E-state index contributed by atoms with van der Waals surface area (Å²) in [6.07, 6.45) is 3.46. The maximum atomic E-state index is 12.6. The zero-order chi connectivity index (χ0) is 19.6. The minimum absolute atomic E-state index is 0.293. The van der Waals surface area contributed by atoms with Crippen LogP contribution in [0.3, 0.4) is 0 Å². The SMILES string of the molecule is Cc1cn(C)c2ncc(C(=O)Nc3ccc(OCCN(C)C)cc3)c(Cl)c12. The molecule has 3 aromatic rings. The van der Waals surface area contributed by atoms with Gasteiger partial charge in [0.15, 0.2) is 0 Å². The van der Waals surface area contributed by atoms with Crippen LogP contribution >= 0.6 is 11.6 Å². The number of rotatable bonds is 6. The summed E-state index contributed by atoms with van der Waals surface area (Å²) < 4.78 is 7.55. The van der Waals surface area contributed by atoms with Crippen molar-refractivity contribution in [3.05, 3.63) is 52.8 Å². The van der Waals surface area contributed by atoms with E-state index in [1.807, 2.05) is 51.0 Å².